The summed E-state index contributed by atoms with van der Waals surface area (Å²) in [5.41, 5.74) is 0. The van der Waals surface area contributed by atoms with Crippen LogP contribution in [0.25, 0.3) is 0 Å². The van der Waals surface area contributed by atoms with E-state index < -0.39 is 0 Å². The molecule has 0 unspecified atom stereocenters. The van der Waals surface area contributed by atoms with Gasteiger partial charge in [-0.05, 0) is 33.5 Å². The number of hydrogen-bond donors (Lipinski definition) is 1. The Morgan fingerprint density at radius 2 is 2.19 bits per heavy atom. The summed E-state index contributed by atoms with van der Waals surface area (Å²) in [6, 6.07) is 0. The Labute approximate surface area is 98.7 Å². The molecular formula is C12H24N4. The summed E-state index contributed by atoms with van der Waals surface area (Å²) in [6.45, 7) is 5.37. The number of hydrogen-bond acceptors (Lipinski definition) is 3. The van der Waals surface area contributed by atoms with Crippen LogP contribution in [0.3, 0.4) is 0 Å². The Kier molecular flexibility index (Phi) is 5.93. The molecule has 92 valence electrons. The van der Waals surface area contributed by atoms with E-state index in [1.54, 1.807) is 0 Å². The molecule has 1 heterocycles. The highest BCUT2D eigenvalue weighted by Gasteiger charge is 2.01. The lowest BCUT2D eigenvalue weighted by molar-refractivity contribution is 0.387. The molecule has 1 N–H and O–H groups in total. The van der Waals surface area contributed by atoms with Gasteiger partial charge in [0.05, 0.1) is 0 Å². The molecule has 0 spiro atoms. The van der Waals surface area contributed by atoms with Gasteiger partial charge in [0.1, 0.15) is 0 Å². The third-order valence-electron chi connectivity index (χ3n) is 2.53. The summed E-state index contributed by atoms with van der Waals surface area (Å²) in [7, 11) is 4.21. The van der Waals surface area contributed by atoms with Crippen molar-refractivity contribution in [3.8, 4) is 0 Å². The Morgan fingerprint density at radius 1 is 1.38 bits per heavy atom. The molecule has 0 atom stereocenters. The zero-order valence-electron chi connectivity index (χ0n) is 10.7. The molecule has 0 bridgehead atoms. The van der Waals surface area contributed by atoms with Crippen LogP contribution < -0.4 is 5.32 Å². The van der Waals surface area contributed by atoms with E-state index in [1.165, 1.54) is 12.8 Å². The van der Waals surface area contributed by atoms with Gasteiger partial charge >= 0.3 is 0 Å². The van der Waals surface area contributed by atoms with E-state index in [2.05, 4.69) is 40.8 Å². The first-order valence-corrected chi connectivity index (χ1v) is 6.13. The first kappa shape index (κ1) is 13.0. The molecule has 0 aliphatic heterocycles. The van der Waals surface area contributed by atoms with Crippen LogP contribution in [0.1, 0.15) is 26.2 Å². The highest BCUT2D eigenvalue weighted by molar-refractivity contribution is 5.25. The van der Waals surface area contributed by atoms with Crippen LogP contribution in [-0.4, -0.2) is 41.6 Å². The molecule has 1 aromatic rings. The lowest BCUT2D eigenvalue weighted by Crippen LogP contribution is -2.16. The average Bonchev–Trinajstić information content (AvgIpc) is 2.66. The minimum atomic E-state index is 1.01. The maximum Gasteiger partial charge on any atom is 0.202 e. The molecule has 1 aromatic heterocycles. The van der Waals surface area contributed by atoms with Crippen molar-refractivity contribution in [3.63, 3.8) is 0 Å². The summed E-state index contributed by atoms with van der Waals surface area (Å²) < 4.78 is 2.19. The maximum atomic E-state index is 4.32. The van der Waals surface area contributed by atoms with Gasteiger partial charge in [-0.2, -0.15) is 0 Å². The molecule has 4 heteroatoms. The van der Waals surface area contributed by atoms with E-state index in [4.69, 9.17) is 0 Å². The van der Waals surface area contributed by atoms with Gasteiger partial charge in [0, 0.05) is 25.5 Å². The SMILES string of the molecule is CCCCNc1nccn1CCCN(C)C. The van der Waals surface area contributed by atoms with Crippen molar-refractivity contribution in [1.82, 2.24) is 14.5 Å². The van der Waals surface area contributed by atoms with E-state index >= 15 is 0 Å². The third-order valence-corrected chi connectivity index (χ3v) is 2.53. The fraction of sp³-hybridized carbons (Fsp3) is 0.750. The van der Waals surface area contributed by atoms with Crippen LogP contribution >= 0.6 is 0 Å². The van der Waals surface area contributed by atoms with Gasteiger partial charge in [-0.3, -0.25) is 0 Å². The van der Waals surface area contributed by atoms with E-state index in [9.17, 15) is 0 Å². The van der Waals surface area contributed by atoms with Crippen molar-refractivity contribution in [1.29, 1.82) is 0 Å². The first-order chi connectivity index (χ1) is 7.74. The van der Waals surface area contributed by atoms with Crippen LogP contribution in [-0.2, 0) is 6.54 Å². The zero-order chi connectivity index (χ0) is 11.8. The number of aryl methyl sites for hydroxylation is 1. The Balaban J connectivity index is 2.32. The topological polar surface area (TPSA) is 33.1 Å². The summed E-state index contributed by atoms with van der Waals surface area (Å²) >= 11 is 0. The van der Waals surface area contributed by atoms with Crippen molar-refractivity contribution in [2.45, 2.75) is 32.7 Å². The summed E-state index contributed by atoms with van der Waals surface area (Å²) in [4.78, 5) is 6.53. The van der Waals surface area contributed by atoms with Crippen molar-refractivity contribution < 1.29 is 0 Å². The second kappa shape index (κ2) is 7.28. The molecule has 0 aliphatic rings. The predicted molar refractivity (Wildman–Crippen MR) is 68.8 cm³/mol. The normalized spacial score (nSPS) is 11.0. The van der Waals surface area contributed by atoms with E-state index in [1.807, 2.05) is 12.4 Å². The van der Waals surface area contributed by atoms with Crippen LogP contribution in [0.15, 0.2) is 12.4 Å². The molecule has 0 aliphatic carbocycles. The first-order valence-electron chi connectivity index (χ1n) is 6.13. The van der Waals surface area contributed by atoms with Gasteiger partial charge in [-0.1, -0.05) is 13.3 Å². The summed E-state index contributed by atoms with van der Waals surface area (Å²) in [5, 5.41) is 3.37. The number of aromatic nitrogens is 2. The number of unbranched alkanes of at least 4 members (excludes halogenated alkanes) is 1. The monoisotopic (exact) mass is 224 g/mol. The molecule has 4 nitrogen and oxygen atoms in total. The average molecular weight is 224 g/mol. The van der Waals surface area contributed by atoms with E-state index in [0.29, 0.717) is 0 Å². The highest BCUT2D eigenvalue weighted by atomic mass is 15.2. The lowest BCUT2D eigenvalue weighted by atomic mass is 10.3. The Morgan fingerprint density at radius 3 is 2.88 bits per heavy atom. The fourth-order valence-electron chi connectivity index (χ4n) is 1.59. The smallest absolute Gasteiger partial charge is 0.202 e. The fourth-order valence-corrected chi connectivity index (χ4v) is 1.59. The number of nitrogens with zero attached hydrogens (tertiary/aromatic N) is 3. The number of anilines is 1. The summed E-state index contributed by atoms with van der Waals surface area (Å²) in [5.74, 6) is 1.01. The van der Waals surface area contributed by atoms with Crippen LogP contribution in [0.5, 0.6) is 0 Å². The molecule has 16 heavy (non-hydrogen) atoms. The molecule has 0 aromatic carbocycles. The molecular weight excluding hydrogens is 200 g/mol. The molecule has 0 radical (unpaired) electrons. The molecule has 0 fully saturated rings. The van der Waals surface area contributed by atoms with Gasteiger partial charge in [-0.25, -0.2) is 4.98 Å². The molecule has 1 rings (SSSR count). The zero-order valence-corrected chi connectivity index (χ0v) is 10.7. The van der Waals surface area contributed by atoms with Crippen LogP contribution in [0, 0.1) is 0 Å². The second-order valence-corrected chi connectivity index (χ2v) is 4.38. The minimum Gasteiger partial charge on any atom is -0.356 e. The van der Waals surface area contributed by atoms with Gasteiger partial charge < -0.3 is 14.8 Å². The maximum absolute atomic E-state index is 4.32. The molecule has 0 saturated carbocycles. The van der Waals surface area contributed by atoms with E-state index in [-0.39, 0.29) is 0 Å². The van der Waals surface area contributed by atoms with Gasteiger partial charge in [-0.15, -0.1) is 0 Å². The second-order valence-electron chi connectivity index (χ2n) is 4.38. The van der Waals surface area contributed by atoms with Crippen molar-refractivity contribution in [3.05, 3.63) is 12.4 Å². The van der Waals surface area contributed by atoms with Gasteiger partial charge in [0.15, 0.2) is 0 Å². The van der Waals surface area contributed by atoms with Crippen molar-refractivity contribution in [2.24, 2.45) is 0 Å². The Bertz CT molecular complexity index is 280. The molecule has 0 saturated heterocycles. The number of nitrogens with one attached hydrogen (secondary N) is 1. The number of imidazole rings is 1. The van der Waals surface area contributed by atoms with Gasteiger partial charge in [0.2, 0.25) is 5.95 Å². The molecule has 0 amide bonds. The predicted octanol–water partition coefficient (Wildman–Crippen LogP) is 2.05. The van der Waals surface area contributed by atoms with Gasteiger partial charge in [0.25, 0.3) is 0 Å². The minimum absolute atomic E-state index is 1.01. The van der Waals surface area contributed by atoms with Crippen molar-refractivity contribution >= 4 is 5.95 Å². The largest absolute Gasteiger partial charge is 0.356 e. The quantitative estimate of drug-likeness (QED) is 0.686. The van der Waals surface area contributed by atoms with Crippen LogP contribution in [0.4, 0.5) is 5.95 Å². The lowest BCUT2D eigenvalue weighted by Gasteiger charge is -2.12. The van der Waals surface area contributed by atoms with Crippen molar-refractivity contribution in [2.75, 3.05) is 32.5 Å². The van der Waals surface area contributed by atoms with Crippen LogP contribution in [0.2, 0.25) is 0 Å². The summed E-state index contributed by atoms with van der Waals surface area (Å²) in [6.07, 6.45) is 7.48. The van der Waals surface area contributed by atoms with E-state index in [0.717, 1.165) is 32.0 Å². The third kappa shape index (κ3) is 4.66. The number of rotatable bonds is 8. The highest BCUT2D eigenvalue weighted by Crippen LogP contribution is 2.05. The standard InChI is InChI=1S/C12H24N4/c1-4-5-7-13-12-14-8-11-16(12)10-6-9-15(2)3/h8,11H,4-7,9-10H2,1-3H3,(H,13,14). The Hall–Kier alpha value is -1.03.